The average Bonchev–Trinajstić information content (AvgIpc) is 4.03. The summed E-state index contributed by atoms with van der Waals surface area (Å²) in [5.74, 6) is 0.693. The molecule has 0 saturated heterocycles. The number of furan rings is 2. The van der Waals surface area contributed by atoms with E-state index < -0.39 is 24.4 Å². The second kappa shape index (κ2) is 13.8. The van der Waals surface area contributed by atoms with Crippen molar-refractivity contribution >= 4 is 46.2 Å². The molecule has 0 N–H and O–H groups in total. The van der Waals surface area contributed by atoms with E-state index >= 15 is 0 Å². The molecule has 4 aliphatic rings. The molecule has 4 aromatic carbocycles. The van der Waals surface area contributed by atoms with Gasteiger partial charge in [-0.2, -0.15) is 0 Å². The van der Waals surface area contributed by atoms with Crippen LogP contribution in [0.1, 0.15) is 80.7 Å². The van der Waals surface area contributed by atoms with E-state index in [-0.39, 0.29) is 11.8 Å². The predicted molar refractivity (Wildman–Crippen MR) is 215 cm³/mol. The van der Waals surface area contributed by atoms with E-state index in [1.165, 1.54) is 90.7 Å². The van der Waals surface area contributed by atoms with Crippen LogP contribution in [0.2, 0.25) is 12.1 Å². The predicted octanol–water partition coefficient (Wildman–Crippen LogP) is 12.8. The van der Waals surface area contributed by atoms with Crippen LogP contribution in [0.5, 0.6) is 0 Å². The molecular formula is C46H39Cl2O2SiZr. The third kappa shape index (κ3) is 5.68. The molecule has 0 bridgehead atoms. The fourth-order valence-electron chi connectivity index (χ4n) is 9.90. The maximum absolute atomic E-state index is 7.38. The van der Waals surface area contributed by atoms with Crippen LogP contribution >= 0.6 is 17.0 Å². The third-order valence-corrected chi connectivity index (χ3v) is 33.8. The molecule has 0 aliphatic heterocycles. The number of benzene rings is 4. The molecule has 0 fully saturated rings. The van der Waals surface area contributed by atoms with Gasteiger partial charge in [0.15, 0.2) is 0 Å². The van der Waals surface area contributed by atoms with Crippen LogP contribution in [0, 0.1) is 0 Å². The Morgan fingerprint density at radius 1 is 0.577 bits per heavy atom. The van der Waals surface area contributed by atoms with Gasteiger partial charge in [-0.3, -0.25) is 0 Å². The summed E-state index contributed by atoms with van der Waals surface area (Å²) in [6.07, 6.45) is 15.5. The summed E-state index contributed by atoms with van der Waals surface area (Å²) in [4.78, 5) is 0. The van der Waals surface area contributed by atoms with Crippen molar-refractivity contribution in [2.45, 2.75) is 62.4 Å². The molecule has 2 heterocycles. The van der Waals surface area contributed by atoms with Gasteiger partial charge in [0.25, 0.3) is 0 Å². The monoisotopic (exact) mass is 811 g/mol. The van der Waals surface area contributed by atoms with Crippen LogP contribution in [0.3, 0.4) is 0 Å². The Kier molecular flexibility index (Phi) is 8.80. The van der Waals surface area contributed by atoms with E-state index in [1.54, 1.807) is 0 Å². The second-order valence-corrected chi connectivity index (χ2v) is 38.4. The number of hydrogen-bond acceptors (Lipinski definition) is 2. The van der Waals surface area contributed by atoms with Crippen molar-refractivity contribution in [2.75, 3.05) is 0 Å². The van der Waals surface area contributed by atoms with Gasteiger partial charge < -0.3 is 0 Å². The van der Waals surface area contributed by atoms with Crippen molar-refractivity contribution < 1.29 is 27.4 Å². The van der Waals surface area contributed by atoms with Crippen LogP contribution in [0.4, 0.5) is 0 Å². The van der Waals surface area contributed by atoms with Crippen LogP contribution in [0.25, 0.3) is 45.6 Å². The van der Waals surface area contributed by atoms with Crippen molar-refractivity contribution in [1.82, 2.24) is 0 Å². The molecule has 0 spiro atoms. The fraction of sp³-hybridized carbons (Fsp3) is 0.217. The van der Waals surface area contributed by atoms with Crippen molar-refractivity contribution in [3.63, 3.8) is 0 Å². The molecule has 0 saturated carbocycles. The average molecular weight is 814 g/mol. The van der Waals surface area contributed by atoms with Crippen LogP contribution in [0.15, 0.2) is 118 Å². The van der Waals surface area contributed by atoms with Gasteiger partial charge in [-0.15, -0.1) is 0 Å². The van der Waals surface area contributed by atoms with E-state index in [9.17, 15) is 0 Å². The summed E-state index contributed by atoms with van der Waals surface area (Å²) in [6.45, 7) is 0. The Morgan fingerprint density at radius 3 is 1.44 bits per heavy atom. The molecule has 2 atom stereocenters. The molecule has 4 aliphatic carbocycles. The van der Waals surface area contributed by atoms with E-state index in [0.717, 1.165) is 49.3 Å². The van der Waals surface area contributed by atoms with Crippen LogP contribution in [-0.2, 0) is 44.2 Å². The standard InChI is InChI=1S/C46H39O2Si.2ClH.Zr/c1-3-11-29(12-4-1)45-33-17-7-15-31(33)23-35-39(45)25-37(43-19-9-21-47-43)41(35)27-49-28-42-36-24-32-16-8-18-34(32)46(30-13-5-2-6-14-30)40(36)26-38(42)44-20-10-22-48-44;;;/h1-6,9-14,19-26,41-42,49H,7-8,15-18,27-28H2;2*1H;/q;;;+2/p-2. The van der Waals surface area contributed by atoms with Gasteiger partial charge in [-0.1, -0.05) is 0 Å². The van der Waals surface area contributed by atoms with Crippen LogP contribution < -0.4 is 0 Å². The minimum absolute atomic E-state index is 0.219. The number of hydrogen-bond donors (Lipinski definition) is 0. The normalized spacial score (nSPS) is 18.8. The minimum atomic E-state index is -2.73. The molecule has 0 radical (unpaired) electrons. The van der Waals surface area contributed by atoms with Crippen LogP contribution in [-0.4, -0.2) is 5.92 Å². The molecule has 2 unspecified atom stereocenters. The van der Waals surface area contributed by atoms with Crippen molar-refractivity contribution in [2.24, 2.45) is 0 Å². The first-order valence-electron chi connectivity index (χ1n) is 18.8. The number of rotatable bonds is 9. The van der Waals surface area contributed by atoms with Gasteiger partial charge in [-0.05, 0) is 0 Å². The molecule has 2 nitrogen and oxygen atoms in total. The Labute approximate surface area is 321 Å². The van der Waals surface area contributed by atoms with Crippen molar-refractivity contribution in [3.8, 4) is 22.3 Å². The molecule has 2 aromatic heterocycles. The number of allylic oxidation sites excluding steroid dienone is 2. The van der Waals surface area contributed by atoms with Gasteiger partial charge in [0, 0.05) is 0 Å². The summed E-state index contributed by atoms with van der Waals surface area (Å²) < 4.78 is 12.4. The maximum atomic E-state index is 7.38. The molecule has 0 amide bonds. The van der Waals surface area contributed by atoms with E-state index in [4.69, 9.17) is 25.9 Å². The fourth-order valence-corrected chi connectivity index (χ4v) is 25.0. The van der Waals surface area contributed by atoms with E-state index in [0.29, 0.717) is 0 Å². The molecular weight excluding hydrogens is 775 g/mol. The van der Waals surface area contributed by atoms with Gasteiger partial charge >= 0.3 is 324 Å². The van der Waals surface area contributed by atoms with E-state index in [2.05, 4.69) is 97.1 Å². The van der Waals surface area contributed by atoms with Gasteiger partial charge in [0.05, 0.1) is 0 Å². The Bertz CT molecular complexity index is 2180. The van der Waals surface area contributed by atoms with Gasteiger partial charge in [-0.25, -0.2) is 0 Å². The topological polar surface area (TPSA) is 26.3 Å². The Balaban J connectivity index is 1.09. The summed E-state index contributed by atoms with van der Waals surface area (Å²) in [6, 6.07) is 37.5. The second-order valence-electron chi connectivity index (χ2n) is 14.9. The zero-order valence-corrected chi connectivity index (χ0v) is 34.1. The first-order chi connectivity index (χ1) is 25.6. The molecule has 52 heavy (non-hydrogen) atoms. The van der Waals surface area contributed by atoms with Crippen molar-refractivity contribution in [3.05, 3.63) is 166 Å². The zero-order valence-electron chi connectivity index (χ0n) is 29.0. The number of halogens is 2. The summed E-state index contributed by atoms with van der Waals surface area (Å²) in [5, 5.41) is 0. The first kappa shape index (κ1) is 33.2. The quantitative estimate of drug-likeness (QED) is 0.136. The third-order valence-electron chi connectivity index (χ3n) is 12.1. The van der Waals surface area contributed by atoms with E-state index in [1.807, 2.05) is 24.7 Å². The first-order valence-corrected chi connectivity index (χ1v) is 31.6. The summed E-state index contributed by atoms with van der Waals surface area (Å²) in [5.41, 5.74) is 19.7. The van der Waals surface area contributed by atoms with Crippen molar-refractivity contribution in [1.29, 1.82) is 0 Å². The molecule has 6 heteroatoms. The zero-order chi connectivity index (χ0) is 34.8. The number of fused-ring (bicyclic) bond motifs is 4. The Hall–Kier alpha value is -3.40. The summed E-state index contributed by atoms with van der Waals surface area (Å²) >= 11 is -2.73. The van der Waals surface area contributed by atoms with Gasteiger partial charge in [0.1, 0.15) is 0 Å². The summed E-state index contributed by atoms with van der Waals surface area (Å²) in [7, 11) is 14.8. The molecule has 6 aromatic rings. The number of aryl methyl sites for hydroxylation is 2. The molecule has 10 rings (SSSR count). The SMILES string of the molecule is [Cl][Zr]([Cl])[SiH](CC1C(c2ccco2)=Cc2c1cc1c(c2-c2ccccc2)CCC1)CC1C(c2ccco2)=Cc2c1cc1c(c2-c2ccccc2)CCC1. The Morgan fingerprint density at radius 2 is 1.04 bits per heavy atom. The molecule has 257 valence electrons. The van der Waals surface area contributed by atoms with Gasteiger partial charge in [0.2, 0.25) is 0 Å².